The van der Waals surface area contributed by atoms with E-state index < -0.39 is 12.1 Å². The molecule has 0 bridgehead atoms. The Kier molecular flexibility index (Phi) is 4.65. The van der Waals surface area contributed by atoms with Gasteiger partial charge < -0.3 is 15.3 Å². The largest absolute Gasteiger partial charge is 0.507 e. The minimum Gasteiger partial charge on any atom is -0.507 e. The van der Waals surface area contributed by atoms with Crippen LogP contribution in [0.15, 0.2) is 18.2 Å². The zero-order valence-corrected chi connectivity index (χ0v) is 10.3. The molecule has 0 radical (unpaired) electrons. The molecule has 0 aliphatic carbocycles. The van der Waals surface area contributed by atoms with Crippen molar-refractivity contribution in [2.24, 2.45) is 0 Å². The highest BCUT2D eigenvalue weighted by Gasteiger charge is 2.21. The molecule has 92 valence electrons. The van der Waals surface area contributed by atoms with Crippen LogP contribution in [0.1, 0.15) is 17.2 Å². The van der Waals surface area contributed by atoms with Gasteiger partial charge in [-0.05, 0) is 0 Å². The number of aromatic hydroxyl groups is 1. The SMILES string of the molecule is O=C(CBr)Cc1cccc(C(O)C(=O)O)c1O. The summed E-state index contributed by atoms with van der Waals surface area (Å²) in [5.74, 6) is -1.96. The van der Waals surface area contributed by atoms with E-state index in [4.69, 9.17) is 5.11 Å². The molecule has 17 heavy (non-hydrogen) atoms. The number of aliphatic hydroxyl groups excluding tert-OH is 1. The number of hydrogen-bond donors (Lipinski definition) is 3. The summed E-state index contributed by atoms with van der Waals surface area (Å²) in [4.78, 5) is 21.8. The minimum atomic E-state index is -1.80. The first-order valence-electron chi connectivity index (χ1n) is 4.76. The number of aliphatic carboxylic acids is 1. The van der Waals surface area contributed by atoms with E-state index >= 15 is 0 Å². The lowest BCUT2D eigenvalue weighted by atomic mass is 10.0. The predicted octanol–water partition coefficient (Wildman–Crippen LogP) is 1.02. The molecule has 0 spiro atoms. The quantitative estimate of drug-likeness (QED) is 0.706. The topological polar surface area (TPSA) is 94.8 Å². The van der Waals surface area contributed by atoms with Crippen molar-refractivity contribution in [3.8, 4) is 5.75 Å². The molecule has 0 aliphatic rings. The fourth-order valence-corrected chi connectivity index (χ4v) is 1.57. The number of carboxylic acids is 1. The number of rotatable bonds is 5. The Morgan fingerprint density at radius 2 is 2.00 bits per heavy atom. The normalized spacial score (nSPS) is 12.1. The Labute approximate surface area is 106 Å². The Bertz CT molecular complexity index is 443. The molecule has 0 heterocycles. The molecule has 0 saturated carbocycles. The van der Waals surface area contributed by atoms with Crippen LogP contribution in [0.3, 0.4) is 0 Å². The van der Waals surface area contributed by atoms with Gasteiger partial charge in [-0.3, -0.25) is 4.79 Å². The maximum atomic E-state index is 11.2. The van der Waals surface area contributed by atoms with Crippen LogP contribution in [0.2, 0.25) is 0 Å². The van der Waals surface area contributed by atoms with Gasteiger partial charge in [0.05, 0.1) is 5.33 Å². The fourth-order valence-electron chi connectivity index (χ4n) is 1.37. The van der Waals surface area contributed by atoms with Gasteiger partial charge in [-0.25, -0.2) is 4.79 Å². The molecule has 3 N–H and O–H groups in total. The number of carbonyl (C=O) groups excluding carboxylic acids is 1. The number of carboxylic acid groups (broad SMARTS) is 1. The summed E-state index contributed by atoms with van der Waals surface area (Å²) in [5.41, 5.74) is 0.185. The van der Waals surface area contributed by atoms with E-state index in [-0.39, 0.29) is 28.8 Å². The molecule has 0 aromatic heterocycles. The van der Waals surface area contributed by atoms with E-state index in [9.17, 15) is 19.8 Å². The van der Waals surface area contributed by atoms with Crippen molar-refractivity contribution < 1.29 is 24.9 Å². The molecule has 1 aromatic carbocycles. The summed E-state index contributed by atoms with van der Waals surface area (Å²) >= 11 is 2.99. The van der Waals surface area contributed by atoms with Gasteiger partial charge in [-0.1, -0.05) is 34.1 Å². The number of benzene rings is 1. The highest BCUT2D eigenvalue weighted by Crippen LogP contribution is 2.28. The van der Waals surface area contributed by atoms with Crippen molar-refractivity contribution in [3.05, 3.63) is 29.3 Å². The summed E-state index contributed by atoms with van der Waals surface area (Å²) in [6, 6.07) is 4.29. The number of alkyl halides is 1. The van der Waals surface area contributed by atoms with Crippen molar-refractivity contribution >= 4 is 27.7 Å². The lowest BCUT2D eigenvalue weighted by Crippen LogP contribution is -2.12. The van der Waals surface area contributed by atoms with E-state index in [1.165, 1.54) is 18.2 Å². The third-order valence-electron chi connectivity index (χ3n) is 2.22. The molecule has 0 saturated heterocycles. The Morgan fingerprint density at radius 1 is 1.35 bits per heavy atom. The summed E-state index contributed by atoms with van der Waals surface area (Å²) in [6.07, 6.45) is -1.81. The van der Waals surface area contributed by atoms with Crippen LogP contribution in [-0.2, 0) is 16.0 Å². The van der Waals surface area contributed by atoms with Gasteiger partial charge in [0.15, 0.2) is 6.10 Å². The molecule has 6 heteroatoms. The van der Waals surface area contributed by atoms with E-state index in [0.29, 0.717) is 5.56 Å². The average Bonchev–Trinajstić information content (AvgIpc) is 2.30. The molecule has 0 amide bonds. The molecule has 0 aliphatic heterocycles. The lowest BCUT2D eigenvalue weighted by molar-refractivity contribution is -0.147. The van der Waals surface area contributed by atoms with Gasteiger partial charge >= 0.3 is 5.97 Å². The molecule has 0 fully saturated rings. The van der Waals surface area contributed by atoms with Crippen molar-refractivity contribution in [1.29, 1.82) is 0 Å². The number of para-hydroxylation sites is 1. The number of Topliss-reactive ketones (excluding diaryl/α,β-unsaturated/α-hetero) is 1. The molecule has 1 unspecified atom stereocenters. The van der Waals surface area contributed by atoms with Crippen LogP contribution in [0.5, 0.6) is 5.75 Å². The van der Waals surface area contributed by atoms with Crippen LogP contribution >= 0.6 is 15.9 Å². The molecule has 1 atom stereocenters. The molecule has 5 nitrogen and oxygen atoms in total. The molecular formula is C11H11BrO5. The van der Waals surface area contributed by atoms with E-state index in [2.05, 4.69) is 15.9 Å². The number of aliphatic hydroxyl groups is 1. The zero-order valence-electron chi connectivity index (χ0n) is 8.76. The number of hydrogen-bond acceptors (Lipinski definition) is 4. The average molecular weight is 303 g/mol. The van der Waals surface area contributed by atoms with Gasteiger partial charge in [0, 0.05) is 17.5 Å². The summed E-state index contributed by atoms with van der Waals surface area (Å²) in [5, 5.41) is 27.9. The Balaban J connectivity index is 3.07. The number of carbonyl (C=O) groups is 2. The van der Waals surface area contributed by atoms with Gasteiger partial charge in [-0.15, -0.1) is 0 Å². The first-order valence-corrected chi connectivity index (χ1v) is 5.88. The number of ketones is 1. The summed E-state index contributed by atoms with van der Waals surface area (Å²) in [6.45, 7) is 0. The number of phenols is 1. The van der Waals surface area contributed by atoms with Crippen LogP contribution in [0.4, 0.5) is 0 Å². The number of halogens is 1. The van der Waals surface area contributed by atoms with Crippen LogP contribution in [0.25, 0.3) is 0 Å². The lowest BCUT2D eigenvalue weighted by Gasteiger charge is -2.11. The monoisotopic (exact) mass is 302 g/mol. The molecule has 1 rings (SSSR count). The van der Waals surface area contributed by atoms with Crippen molar-refractivity contribution in [2.75, 3.05) is 5.33 Å². The summed E-state index contributed by atoms with van der Waals surface area (Å²) < 4.78 is 0. The Morgan fingerprint density at radius 3 is 2.53 bits per heavy atom. The third kappa shape index (κ3) is 3.28. The van der Waals surface area contributed by atoms with Crippen molar-refractivity contribution in [2.45, 2.75) is 12.5 Å². The van der Waals surface area contributed by atoms with Gasteiger partial charge in [0.1, 0.15) is 11.5 Å². The zero-order chi connectivity index (χ0) is 13.0. The van der Waals surface area contributed by atoms with Crippen LogP contribution in [-0.4, -0.2) is 32.4 Å². The second-order valence-corrected chi connectivity index (χ2v) is 4.01. The van der Waals surface area contributed by atoms with E-state index in [1.807, 2.05) is 0 Å². The van der Waals surface area contributed by atoms with E-state index in [0.717, 1.165) is 0 Å². The maximum absolute atomic E-state index is 11.2. The second kappa shape index (κ2) is 5.79. The second-order valence-electron chi connectivity index (χ2n) is 3.44. The maximum Gasteiger partial charge on any atom is 0.337 e. The minimum absolute atomic E-state index is 0.0166. The highest BCUT2D eigenvalue weighted by atomic mass is 79.9. The van der Waals surface area contributed by atoms with Crippen molar-refractivity contribution in [1.82, 2.24) is 0 Å². The van der Waals surface area contributed by atoms with E-state index in [1.54, 1.807) is 0 Å². The summed E-state index contributed by atoms with van der Waals surface area (Å²) in [7, 11) is 0. The van der Waals surface area contributed by atoms with Crippen molar-refractivity contribution in [3.63, 3.8) is 0 Å². The predicted molar refractivity (Wildman–Crippen MR) is 63.2 cm³/mol. The third-order valence-corrected chi connectivity index (χ3v) is 2.84. The fraction of sp³-hybridized carbons (Fsp3) is 0.273. The molecule has 1 aromatic rings. The first-order chi connectivity index (χ1) is 7.97. The van der Waals surface area contributed by atoms with Crippen LogP contribution < -0.4 is 0 Å². The number of phenolic OH excluding ortho intramolecular Hbond substituents is 1. The van der Waals surface area contributed by atoms with Gasteiger partial charge in [-0.2, -0.15) is 0 Å². The Hall–Kier alpha value is -1.40. The highest BCUT2D eigenvalue weighted by molar-refractivity contribution is 9.09. The molecular weight excluding hydrogens is 292 g/mol. The van der Waals surface area contributed by atoms with Gasteiger partial charge in [0.2, 0.25) is 0 Å². The first kappa shape index (κ1) is 13.7. The standard InChI is InChI=1S/C11H11BrO5/c12-5-7(13)4-6-2-1-3-8(9(6)14)10(15)11(16)17/h1-3,10,14-15H,4-5H2,(H,16,17). The van der Waals surface area contributed by atoms with Crippen LogP contribution in [0, 0.1) is 0 Å². The van der Waals surface area contributed by atoms with Gasteiger partial charge in [0.25, 0.3) is 0 Å². The smallest absolute Gasteiger partial charge is 0.337 e.